The van der Waals surface area contributed by atoms with Crippen LogP contribution in [0, 0.1) is 11.3 Å². The second kappa shape index (κ2) is 6.44. The molecule has 0 heterocycles. The Bertz CT molecular complexity index is 505. The fourth-order valence-corrected chi connectivity index (χ4v) is 2.75. The summed E-state index contributed by atoms with van der Waals surface area (Å²) in [4.78, 5) is 12.1. The van der Waals surface area contributed by atoms with Gasteiger partial charge in [-0.25, -0.2) is 0 Å². The first kappa shape index (κ1) is 15.8. The van der Waals surface area contributed by atoms with E-state index in [9.17, 15) is 9.90 Å². The summed E-state index contributed by atoms with van der Waals surface area (Å²) in [6.45, 7) is 8.24. The molecule has 1 aliphatic carbocycles. The van der Waals surface area contributed by atoms with Crippen LogP contribution >= 0.6 is 0 Å². The highest BCUT2D eigenvalue weighted by Gasteiger charge is 2.49. The van der Waals surface area contributed by atoms with E-state index in [1.54, 1.807) is 0 Å². The van der Waals surface area contributed by atoms with Crippen LogP contribution in [-0.4, -0.2) is 17.6 Å². The molecule has 1 fully saturated rings. The van der Waals surface area contributed by atoms with Gasteiger partial charge in [0.05, 0.1) is 6.10 Å². The molecule has 114 valence electrons. The first-order chi connectivity index (χ1) is 9.94. The lowest BCUT2D eigenvalue weighted by Crippen LogP contribution is -2.36. The van der Waals surface area contributed by atoms with E-state index in [1.807, 2.05) is 44.2 Å². The van der Waals surface area contributed by atoms with E-state index in [2.05, 4.69) is 11.9 Å². The van der Waals surface area contributed by atoms with Crippen LogP contribution in [0.5, 0.6) is 0 Å². The second-order valence-electron chi connectivity index (χ2n) is 6.46. The minimum absolute atomic E-state index is 0.0459. The molecule has 1 aromatic carbocycles. The zero-order valence-corrected chi connectivity index (χ0v) is 12.9. The molecule has 0 spiro atoms. The molecular weight excluding hydrogens is 262 g/mol. The van der Waals surface area contributed by atoms with Crippen molar-refractivity contribution in [2.24, 2.45) is 11.3 Å². The van der Waals surface area contributed by atoms with E-state index in [-0.39, 0.29) is 17.2 Å². The summed E-state index contributed by atoms with van der Waals surface area (Å²) in [6, 6.07) is 9.69. The molecule has 0 aliphatic heterocycles. The van der Waals surface area contributed by atoms with E-state index in [1.165, 1.54) is 0 Å². The number of carbonyl (C=O) groups excluding carboxylic acids is 1. The Morgan fingerprint density at radius 2 is 2.00 bits per heavy atom. The van der Waals surface area contributed by atoms with Crippen molar-refractivity contribution in [1.29, 1.82) is 0 Å². The average Bonchev–Trinajstić information content (AvgIpc) is 3.25. The van der Waals surface area contributed by atoms with Crippen LogP contribution in [0.4, 0.5) is 0 Å². The third-order valence-electron chi connectivity index (χ3n) is 4.30. The van der Waals surface area contributed by atoms with Gasteiger partial charge in [-0.15, -0.1) is 6.58 Å². The zero-order chi connectivity index (χ0) is 15.5. The fraction of sp³-hybridized carbons (Fsp3) is 0.500. The van der Waals surface area contributed by atoms with Crippen molar-refractivity contribution < 1.29 is 9.90 Å². The van der Waals surface area contributed by atoms with Gasteiger partial charge in [-0.2, -0.15) is 0 Å². The molecule has 0 saturated heterocycles. The third-order valence-corrected chi connectivity index (χ3v) is 4.30. The lowest BCUT2D eigenvalue weighted by atomic mass is 9.92. The number of allylic oxidation sites excluding steroid dienone is 1. The molecule has 3 nitrogen and oxygen atoms in total. The van der Waals surface area contributed by atoms with Gasteiger partial charge in [0.15, 0.2) is 0 Å². The predicted octanol–water partition coefficient (Wildman–Crippen LogP) is 3.22. The van der Waals surface area contributed by atoms with Crippen LogP contribution in [-0.2, 0) is 4.79 Å². The highest BCUT2D eigenvalue weighted by molar-refractivity contribution is 5.78. The number of aliphatic hydroxyl groups excluding tert-OH is 1. The number of rotatable bonds is 7. The van der Waals surface area contributed by atoms with Gasteiger partial charge in [-0.1, -0.05) is 42.8 Å². The normalized spacial score (nSPS) is 18.6. The van der Waals surface area contributed by atoms with Crippen molar-refractivity contribution in [1.82, 2.24) is 5.32 Å². The summed E-state index contributed by atoms with van der Waals surface area (Å²) < 4.78 is 0. The molecule has 2 rings (SSSR count). The van der Waals surface area contributed by atoms with E-state index in [4.69, 9.17) is 0 Å². The molecule has 1 aromatic rings. The molecule has 3 heteroatoms. The minimum atomic E-state index is -0.504. The Kier molecular flexibility index (Phi) is 4.84. The highest BCUT2D eigenvalue weighted by atomic mass is 16.3. The lowest BCUT2D eigenvalue weighted by Gasteiger charge is -2.24. The van der Waals surface area contributed by atoms with Gasteiger partial charge < -0.3 is 10.4 Å². The van der Waals surface area contributed by atoms with Crippen molar-refractivity contribution in [2.45, 2.75) is 39.2 Å². The molecule has 0 bridgehead atoms. The maximum absolute atomic E-state index is 12.1. The summed E-state index contributed by atoms with van der Waals surface area (Å²) in [6.07, 6.45) is 2.12. The SMILES string of the molecule is C=C(C)C[C@H](C)C(=O)NCC1([C@@H](O)c2ccccc2)CC1. The Balaban J connectivity index is 1.90. The highest BCUT2D eigenvalue weighted by Crippen LogP contribution is 2.54. The number of hydrogen-bond acceptors (Lipinski definition) is 2. The number of carbonyl (C=O) groups is 1. The second-order valence-corrected chi connectivity index (χ2v) is 6.46. The quantitative estimate of drug-likeness (QED) is 0.757. The van der Waals surface area contributed by atoms with Gasteiger partial charge in [-0.3, -0.25) is 4.79 Å². The molecule has 2 N–H and O–H groups in total. The van der Waals surface area contributed by atoms with Gasteiger partial charge in [0.25, 0.3) is 0 Å². The summed E-state index contributed by atoms with van der Waals surface area (Å²) in [7, 11) is 0. The molecule has 1 aliphatic rings. The summed E-state index contributed by atoms with van der Waals surface area (Å²) >= 11 is 0. The van der Waals surface area contributed by atoms with Gasteiger partial charge in [0, 0.05) is 17.9 Å². The van der Waals surface area contributed by atoms with Gasteiger partial charge >= 0.3 is 0 Å². The molecular formula is C18H25NO2. The van der Waals surface area contributed by atoms with Gasteiger partial charge in [0.1, 0.15) is 0 Å². The number of nitrogens with one attached hydrogen (secondary N) is 1. The maximum atomic E-state index is 12.1. The topological polar surface area (TPSA) is 49.3 Å². The van der Waals surface area contributed by atoms with Crippen LogP contribution in [0.25, 0.3) is 0 Å². The Morgan fingerprint density at radius 3 is 2.52 bits per heavy atom. The number of benzene rings is 1. The van der Waals surface area contributed by atoms with Crippen LogP contribution in [0.2, 0.25) is 0 Å². The monoisotopic (exact) mass is 287 g/mol. The maximum Gasteiger partial charge on any atom is 0.223 e. The number of aliphatic hydroxyl groups is 1. The zero-order valence-electron chi connectivity index (χ0n) is 12.9. The Hall–Kier alpha value is -1.61. The van der Waals surface area contributed by atoms with Crippen LogP contribution < -0.4 is 5.32 Å². The van der Waals surface area contributed by atoms with Crippen molar-refractivity contribution >= 4 is 5.91 Å². The molecule has 0 unspecified atom stereocenters. The predicted molar refractivity (Wildman–Crippen MR) is 84.7 cm³/mol. The minimum Gasteiger partial charge on any atom is -0.388 e. The summed E-state index contributed by atoms with van der Waals surface area (Å²) in [5.74, 6) is -0.0169. The van der Waals surface area contributed by atoms with Crippen molar-refractivity contribution in [3.63, 3.8) is 0 Å². The van der Waals surface area contributed by atoms with E-state index < -0.39 is 6.10 Å². The molecule has 0 aromatic heterocycles. The lowest BCUT2D eigenvalue weighted by molar-refractivity contribution is -0.125. The molecule has 1 amide bonds. The summed E-state index contributed by atoms with van der Waals surface area (Å²) in [5, 5.41) is 13.5. The van der Waals surface area contributed by atoms with E-state index in [0.29, 0.717) is 13.0 Å². The number of amides is 1. The van der Waals surface area contributed by atoms with Crippen molar-refractivity contribution in [3.05, 3.63) is 48.0 Å². The standard InChI is InChI=1S/C18H25NO2/c1-13(2)11-14(3)17(21)19-12-18(9-10-18)16(20)15-7-5-4-6-8-15/h4-8,14,16,20H,1,9-12H2,2-3H3,(H,19,21)/t14-,16-/m0/s1. The third kappa shape index (κ3) is 3.94. The van der Waals surface area contributed by atoms with Crippen LogP contribution in [0.1, 0.15) is 44.8 Å². The molecule has 1 saturated carbocycles. The van der Waals surface area contributed by atoms with E-state index >= 15 is 0 Å². The molecule has 0 radical (unpaired) electrons. The molecule has 2 atom stereocenters. The first-order valence-electron chi connectivity index (χ1n) is 7.60. The Labute approximate surface area is 127 Å². The van der Waals surface area contributed by atoms with Gasteiger partial charge in [0.2, 0.25) is 5.91 Å². The van der Waals surface area contributed by atoms with Crippen molar-refractivity contribution in [3.8, 4) is 0 Å². The van der Waals surface area contributed by atoms with Crippen LogP contribution in [0.15, 0.2) is 42.5 Å². The summed E-state index contributed by atoms with van der Waals surface area (Å²) in [5.41, 5.74) is 1.77. The van der Waals surface area contributed by atoms with Gasteiger partial charge in [-0.05, 0) is 31.7 Å². The average molecular weight is 287 g/mol. The smallest absolute Gasteiger partial charge is 0.223 e. The Morgan fingerprint density at radius 1 is 1.38 bits per heavy atom. The fourth-order valence-electron chi connectivity index (χ4n) is 2.75. The largest absolute Gasteiger partial charge is 0.388 e. The van der Waals surface area contributed by atoms with Crippen LogP contribution in [0.3, 0.4) is 0 Å². The molecule has 21 heavy (non-hydrogen) atoms. The number of hydrogen-bond donors (Lipinski definition) is 2. The first-order valence-corrected chi connectivity index (χ1v) is 7.60. The van der Waals surface area contributed by atoms with Crippen molar-refractivity contribution in [2.75, 3.05) is 6.54 Å². The van der Waals surface area contributed by atoms with E-state index in [0.717, 1.165) is 24.0 Å².